The van der Waals surface area contributed by atoms with Crippen molar-refractivity contribution < 1.29 is 67.4 Å². The average molecular weight is 659 g/mol. The van der Waals surface area contributed by atoms with Crippen LogP contribution in [0.1, 0.15) is 68.1 Å². The first kappa shape index (κ1) is 30.3. The largest absolute Gasteiger partial charge is 0.495 e. The van der Waals surface area contributed by atoms with Gasteiger partial charge in [-0.3, -0.25) is 28.8 Å². The maximum atomic E-state index is 14.2. The Hall–Kier alpha value is -5.02. The van der Waals surface area contributed by atoms with Crippen LogP contribution in [0.25, 0.3) is 11.1 Å². The summed E-state index contributed by atoms with van der Waals surface area (Å²) in [5.74, 6) is -8.95. The molecule has 2 saturated heterocycles. The molecule has 246 valence electrons. The molecule has 2 aromatic rings. The van der Waals surface area contributed by atoms with Gasteiger partial charge >= 0.3 is 11.9 Å². The summed E-state index contributed by atoms with van der Waals surface area (Å²) in [6.45, 7) is 2.40. The minimum Gasteiger partial charge on any atom is -0.495 e. The van der Waals surface area contributed by atoms with E-state index >= 15 is 0 Å². The summed E-state index contributed by atoms with van der Waals surface area (Å²) in [7, 11) is 2.52. The molecule has 4 heterocycles. The number of Topliss-reactive ketones (excluding diaryl/α,β-unsaturated/α-hetero) is 4. The highest BCUT2D eigenvalue weighted by atomic mass is 16.7. The van der Waals surface area contributed by atoms with Gasteiger partial charge in [-0.2, -0.15) is 0 Å². The van der Waals surface area contributed by atoms with Crippen molar-refractivity contribution in [2.75, 3.05) is 14.2 Å². The number of benzene rings is 2. The molecule has 8 rings (SSSR count). The fraction of sp³-hybridized carbons (Fsp3) is 0.353. The lowest BCUT2D eigenvalue weighted by Gasteiger charge is -2.40. The normalized spacial score (nSPS) is 31.8. The number of ether oxygens (including phenoxy) is 6. The van der Waals surface area contributed by atoms with E-state index in [0.29, 0.717) is 0 Å². The maximum absolute atomic E-state index is 14.2. The molecule has 2 fully saturated rings. The lowest BCUT2D eigenvalue weighted by molar-refractivity contribution is -0.206. The molecule has 0 bridgehead atoms. The molecule has 2 N–H and O–H groups in total. The molecule has 2 aliphatic carbocycles. The number of rotatable bonds is 3. The molecule has 48 heavy (non-hydrogen) atoms. The van der Waals surface area contributed by atoms with Crippen molar-refractivity contribution in [3.05, 3.63) is 68.8 Å². The quantitative estimate of drug-likeness (QED) is 0.451. The standard InChI is InChI=1S/C34H26O14/c1-33(41)23-21(31-15(47-33)9-17(35)45-31)25(37)13-7-5-11(29(43-3)19(13)27(23)39)12-6-8-14-20(30(12)44-4)28(40)24-22(26(14)38)32-16(10-18(36)46-32)48-34(24,2)42/h5-8,15-16,31-32,41-42H,9-10H2,1-4H3/t15-,16+,31+,32-,33+,34-. The minimum atomic E-state index is -2.25. The van der Waals surface area contributed by atoms with Crippen LogP contribution in [0.2, 0.25) is 0 Å². The monoisotopic (exact) mass is 658 g/mol. The van der Waals surface area contributed by atoms with Gasteiger partial charge in [0.15, 0.2) is 46.9 Å². The van der Waals surface area contributed by atoms with Crippen LogP contribution in [0.5, 0.6) is 11.5 Å². The highest BCUT2D eigenvalue weighted by Crippen LogP contribution is 2.51. The van der Waals surface area contributed by atoms with Gasteiger partial charge in [0, 0.05) is 22.3 Å². The van der Waals surface area contributed by atoms with Crippen LogP contribution in [0.3, 0.4) is 0 Å². The molecule has 6 atom stereocenters. The van der Waals surface area contributed by atoms with Gasteiger partial charge in [-0.1, -0.05) is 0 Å². The van der Waals surface area contributed by atoms with E-state index in [9.17, 15) is 39.0 Å². The van der Waals surface area contributed by atoms with Gasteiger partial charge in [0.1, 0.15) is 23.7 Å². The van der Waals surface area contributed by atoms with Crippen molar-refractivity contribution in [1.82, 2.24) is 0 Å². The first-order valence-corrected chi connectivity index (χ1v) is 15.0. The third-order valence-electron chi connectivity index (χ3n) is 9.63. The molecular formula is C34H26O14. The SMILES string of the molecule is COc1c(-c2ccc3c(c2OC)C(=O)C2=C(C3=O)[C@@H]3OC(=O)C[C@@H]3O[C@@]2(C)O)ccc2c1C(=O)C1=C(C2=O)[C@H]2OC(=O)C[C@H]2O[C@]1(C)O. The zero-order chi connectivity index (χ0) is 34.2. The van der Waals surface area contributed by atoms with Crippen molar-refractivity contribution in [2.45, 2.75) is 62.7 Å². The van der Waals surface area contributed by atoms with Gasteiger partial charge in [0.05, 0.1) is 60.5 Å². The Morgan fingerprint density at radius 2 is 0.958 bits per heavy atom. The van der Waals surface area contributed by atoms with Gasteiger partial charge in [-0.05, 0) is 38.1 Å². The molecule has 6 aliphatic rings. The van der Waals surface area contributed by atoms with Gasteiger partial charge in [0.2, 0.25) is 0 Å². The van der Waals surface area contributed by atoms with Crippen molar-refractivity contribution in [1.29, 1.82) is 0 Å². The van der Waals surface area contributed by atoms with Crippen molar-refractivity contribution in [3.8, 4) is 22.6 Å². The van der Waals surface area contributed by atoms with Crippen LogP contribution < -0.4 is 9.47 Å². The van der Waals surface area contributed by atoms with Crippen LogP contribution in [-0.2, 0) is 28.5 Å². The molecule has 4 aliphatic heterocycles. The number of carbonyl (C=O) groups excluding carboxylic acids is 6. The Labute approximate surface area is 270 Å². The summed E-state index contributed by atoms with van der Waals surface area (Å²) in [6.07, 6.45) is -4.72. The van der Waals surface area contributed by atoms with Crippen molar-refractivity contribution in [3.63, 3.8) is 0 Å². The fourth-order valence-electron chi connectivity index (χ4n) is 7.80. The second-order valence-corrected chi connectivity index (χ2v) is 12.5. The summed E-state index contributed by atoms with van der Waals surface area (Å²) < 4.78 is 33.4. The zero-order valence-electron chi connectivity index (χ0n) is 25.8. The second kappa shape index (κ2) is 9.76. The van der Waals surface area contributed by atoms with E-state index in [1.54, 1.807) is 0 Å². The summed E-state index contributed by atoms with van der Waals surface area (Å²) in [4.78, 5) is 80.4. The fourth-order valence-corrected chi connectivity index (χ4v) is 7.80. The van der Waals surface area contributed by atoms with Gasteiger partial charge in [-0.15, -0.1) is 0 Å². The molecule has 2 aromatic carbocycles. The first-order chi connectivity index (χ1) is 22.7. The molecule has 0 spiro atoms. The molecule has 0 radical (unpaired) electrons. The molecule has 0 unspecified atom stereocenters. The van der Waals surface area contributed by atoms with E-state index in [4.69, 9.17) is 28.4 Å². The van der Waals surface area contributed by atoms with Gasteiger partial charge in [-0.25, -0.2) is 0 Å². The summed E-state index contributed by atoms with van der Waals surface area (Å²) >= 11 is 0. The highest BCUT2D eigenvalue weighted by Gasteiger charge is 2.58. The number of aliphatic hydroxyl groups is 2. The van der Waals surface area contributed by atoms with Crippen LogP contribution in [0.15, 0.2) is 46.6 Å². The Kier molecular flexibility index (Phi) is 6.17. The number of hydrogen-bond donors (Lipinski definition) is 2. The lowest BCUT2D eigenvalue weighted by atomic mass is 9.74. The van der Waals surface area contributed by atoms with E-state index in [0.717, 1.165) is 0 Å². The van der Waals surface area contributed by atoms with Crippen LogP contribution >= 0.6 is 0 Å². The van der Waals surface area contributed by atoms with Crippen LogP contribution in [0, 0.1) is 0 Å². The van der Waals surface area contributed by atoms with E-state index in [1.807, 2.05) is 0 Å². The second-order valence-electron chi connectivity index (χ2n) is 12.5. The predicted molar refractivity (Wildman–Crippen MR) is 156 cm³/mol. The Balaban J connectivity index is 1.29. The topological polar surface area (TPSA) is 198 Å². The molecule has 0 aromatic heterocycles. The number of ketones is 4. The Morgan fingerprint density at radius 3 is 1.31 bits per heavy atom. The zero-order valence-corrected chi connectivity index (χ0v) is 25.8. The molecule has 0 saturated carbocycles. The van der Waals surface area contributed by atoms with E-state index in [-0.39, 0.29) is 68.9 Å². The minimum absolute atomic E-state index is 0.0761. The van der Waals surface area contributed by atoms with Crippen molar-refractivity contribution in [2.24, 2.45) is 0 Å². The number of methoxy groups -OCH3 is 2. The molecule has 14 heteroatoms. The lowest BCUT2D eigenvalue weighted by Crippen LogP contribution is -2.51. The molecule has 14 nitrogen and oxygen atoms in total. The maximum Gasteiger partial charge on any atom is 0.309 e. The summed E-state index contributed by atoms with van der Waals surface area (Å²) in [5.41, 5.74) is -1.36. The number of hydrogen-bond acceptors (Lipinski definition) is 14. The molecule has 0 amide bonds. The number of fused-ring (bicyclic) bond motifs is 6. The van der Waals surface area contributed by atoms with E-state index in [1.165, 1.54) is 52.3 Å². The van der Waals surface area contributed by atoms with Gasteiger partial charge in [0.25, 0.3) is 0 Å². The Bertz CT molecular complexity index is 1900. The van der Waals surface area contributed by atoms with E-state index in [2.05, 4.69) is 0 Å². The van der Waals surface area contributed by atoms with E-state index < -0.39 is 82.2 Å². The molecular weight excluding hydrogens is 632 g/mol. The first-order valence-electron chi connectivity index (χ1n) is 15.0. The average Bonchev–Trinajstić information content (AvgIpc) is 3.58. The van der Waals surface area contributed by atoms with Crippen LogP contribution in [0.4, 0.5) is 0 Å². The summed E-state index contributed by atoms with van der Waals surface area (Å²) in [5, 5.41) is 22.5. The van der Waals surface area contributed by atoms with Crippen LogP contribution in [-0.4, -0.2) is 95.5 Å². The third kappa shape index (κ3) is 3.82. The smallest absolute Gasteiger partial charge is 0.309 e. The highest BCUT2D eigenvalue weighted by molar-refractivity contribution is 6.31. The number of carbonyl (C=O) groups is 6. The summed E-state index contributed by atoms with van der Waals surface area (Å²) in [6, 6.07) is 5.68. The Morgan fingerprint density at radius 1 is 0.604 bits per heavy atom. The third-order valence-corrected chi connectivity index (χ3v) is 9.63. The van der Waals surface area contributed by atoms with Crippen molar-refractivity contribution >= 4 is 35.1 Å². The predicted octanol–water partition coefficient (Wildman–Crippen LogP) is 1.57. The number of esters is 2. The van der Waals surface area contributed by atoms with Gasteiger partial charge < -0.3 is 38.6 Å².